The molecule has 0 aliphatic heterocycles. The summed E-state index contributed by atoms with van der Waals surface area (Å²) in [6.45, 7) is 0. The van der Waals surface area contributed by atoms with Crippen molar-refractivity contribution in [3.05, 3.63) is 36.4 Å². The van der Waals surface area contributed by atoms with Gasteiger partial charge in [-0.2, -0.15) is 36.4 Å². The summed E-state index contributed by atoms with van der Waals surface area (Å²) < 4.78 is 8.42. The van der Waals surface area contributed by atoms with Crippen LogP contribution in [0.4, 0.5) is 0 Å². The molecule has 0 bridgehead atoms. The van der Waals surface area contributed by atoms with E-state index in [4.69, 9.17) is 2.04 Å². The first kappa shape index (κ1) is 8.12. The molecule has 0 spiro atoms. The van der Waals surface area contributed by atoms with Crippen LogP contribution in [0.2, 0.25) is 0 Å². The van der Waals surface area contributed by atoms with E-state index in [-0.39, 0.29) is 31.0 Å². The van der Waals surface area contributed by atoms with Crippen LogP contribution in [0, 0.1) is 6.07 Å². The standard InChI is InChI=1S/C6H5.O.Y.H/c1-2-4-6-5-3-1;;;/h1-5H;;;/q-1;;;. The molecule has 0 saturated heterocycles. The third-order valence-electron chi connectivity index (χ3n) is 0.607. The minimum absolute atomic E-state index is 0.1000. The van der Waals surface area contributed by atoms with Gasteiger partial charge in [-0.15, -0.1) is 0 Å². The molecule has 0 radical (unpaired) electrons. The SMILES string of the molecule is [O]=[YH].[c-]1ccccc1. The van der Waals surface area contributed by atoms with Crippen LogP contribution in [0.25, 0.3) is 0 Å². The maximum atomic E-state index is 8.42. The van der Waals surface area contributed by atoms with Crippen molar-refractivity contribution >= 4 is 0 Å². The molecule has 1 nitrogen and oxygen atoms in total. The minimum Gasteiger partial charge on any atom is -0.184 e. The van der Waals surface area contributed by atoms with Gasteiger partial charge in [0, 0.05) is 0 Å². The average molecular weight is 183 g/mol. The average Bonchev–Trinajstić information content (AvgIpc) is 1.96. The van der Waals surface area contributed by atoms with Crippen molar-refractivity contribution in [2.24, 2.45) is 0 Å². The van der Waals surface area contributed by atoms with E-state index in [0.717, 1.165) is 0 Å². The Morgan fingerprint density at radius 3 is 1.62 bits per heavy atom. The van der Waals surface area contributed by atoms with Crippen LogP contribution in [-0.4, -0.2) is 0 Å². The van der Waals surface area contributed by atoms with Crippen LogP contribution in [0.5, 0.6) is 0 Å². The van der Waals surface area contributed by atoms with Gasteiger partial charge in [-0.3, -0.25) is 0 Å². The van der Waals surface area contributed by atoms with Gasteiger partial charge in [-0.05, 0) is 0 Å². The van der Waals surface area contributed by atoms with Crippen LogP contribution in [0.3, 0.4) is 0 Å². The topological polar surface area (TPSA) is 17.1 Å². The van der Waals surface area contributed by atoms with Crippen molar-refractivity contribution in [3.8, 4) is 0 Å². The summed E-state index contributed by atoms with van der Waals surface area (Å²) in [5, 5.41) is 0. The third kappa shape index (κ3) is 4.29. The van der Waals surface area contributed by atoms with Gasteiger partial charge in [0.1, 0.15) is 0 Å². The Morgan fingerprint density at radius 1 is 1.00 bits per heavy atom. The first-order valence-corrected chi connectivity index (χ1v) is 3.62. The Kier molecular flexibility index (Phi) is 7.23. The molecule has 0 heterocycles. The number of rotatable bonds is 0. The van der Waals surface area contributed by atoms with Gasteiger partial charge < -0.3 is 0 Å². The van der Waals surface area contributed by atoms with Gasteiger partial charge in [-0.1, -0.05) is 0 Å². The predicted octanol–water partition coefficient (Wildman–Crippen LogP) is 1.10. The molecule has 0 unspecified atom stereocenters. The minimum atomic E-state index is -0.1000. The number of benzene rings is 1. The monoisotopic (exact) mass is 183 g/mol. The van der Waals surface area contributed by atoms with Crippen LogP contribution in [0.1, 0.15) is 0 Å². The maximum absolute atomic E-state index is 8.42. The van der Waals surface area contributed by atoms with Gasteiger partial charge in [0.25, 0.3) is 0 Å². The second-order valence-corrected chi connectivity index (χ2v) is 1.08. The smallest absolute Gasteiger partial charge is 0.171 e. The van der Waals surface area contributed by atoms with E-state index in [1.54, 1.807) is 0 Å². The van der Waals surface area contributed by atoms with Gasteiger partial charge >= 0.3 is 33.1 Å². The van der Waals surface area contributed by atoms with Gasteiger partial charge in [0.05, 0.1) is 0 Å². The Labute approximate surface area is 69.2 Å². The molecule has 40 valence electrons. The molecule has 0 amide bonds. The molecule has 0 N–H and O–H groups in total. The molecule has 0 saturated carbocycles. The summed E-state index contributed by atoms with van der Waals surface area (Å²) in [6.07, 6.45) is 0. The number of hydrogen-bond acceptors (Lipinski definition) is 1. The molecular formula is C6H6OY-. The van der Waals surface area contributed by atoms with E-state index in [1.807, 2.05) is 30.3 Å². The van der Waals surface area contributed by atoms with Crippen molar-refractivity contribution in [3.63, 3.8) is 0 Å². The fourth-order valence-corrected chi connectivity index (χ4v) is 0.342. The zero-order valence-electron chi connectivity index (χ0n) is 4.50. The summed E-state index contributed by atoms with van der Waals surface area (Å²) in [5.41, 5.74) is 0. The fourth-order valence-electron chi connectivity index (χ4n) is 0.342. The van der Waals surface area contributed by atoms with Gasteiger partial charge in [-0.25, -0.2) is 0 Å². The van der Waals surface area contributed by atoms with Gasteiger partial charge in [0.15, 0.2) is 0 Å². The zero-order valence-corrected chi connectivity index (χ0v) is 7.98. The quantitative estimate of drug-likeness (QED) is 0.550. The van der Waals surface area contributed by atoms with Crippen molar-refractivity contribution < 1.29 is 33.1 Å². The van der Waals surface area contributed by atoms with Crippen molar-refractivity contribution in [1.29, 1.82) is 0 Å². The maximum Gasteiger partial charge on any atom is -0.171 e. The first-order chi connectivity index (χ1) is 4.00. The second kappa shape index (κ2) is 7.12. The summed E-state index contributed by atoms with van der Waals surface area (Å²) in [6, 6.07) is 12.5. The first-order valence-electron chi connectivity index (χ1n) is 2.20. The Bertz CT molecular complexity index is 91.4. The van der Waals surface area contributed by atoms with Crippen molar-refractivity contribution in [2.75, 3.05) is 0 Å². The molecule has 1 rings (SSSR count). The molecule has 0 aliphatic carbocycles. The molecular weight excluding hydrogens is 177 g/mol. The molecule has 0 aromatic heterocycles. The largest absolute Gasteiger partial charge is 0.184 e. The molecule has 2 heteroatoms. The Balaban J connectivity index is 0.000000222. The summed E-state index contributed by atoms with van der Waals surface area (Å²) in [5.74, 6) is 0. The normalized spacial score (nSPS) is 6.38. The number of hydrogen-bond donors (Lipinski definition) is 0. The summed E-state index contributed by atoms with van der Waals surface area (Å²) >= 11 is -0.1000. The second-order valence-electron chi connectivity index (χ2n) is 1.08. The van der Waals surface area contributed by atoms with Crippen LogP contribution < -0.4 is 0 Å². The van der Waals surface area contributed by atoms with Crippen LogP contribution in [-0.2, 0) is 33.1 Å². The van der Waals surface area contributed by atoms with Crippen molar-refractivity contribution in [2.45, 2.75) is 0 Å². The molecule has 0 aliphatic rings. The summed E-state index contributed by atoms with van der Waals surface area (Å²) in [7, 11) is 0. The summed E-state index contributed by atoms with van der Waals surface area (Å²) in [4.78, 5) is 0. The van der Waals surface area contributed by atoms with Crippen LogP contribution >= 0.6 is 0 Å². The zero-order chi connectivity index (χ0) is 6.24. The van der Waals surface area contributed by atoms with Crippen molar-refractivity contribution in [1.82, 2.24) is 0 Å². The molecule has 0 fully saturated rings. The molecule has 1 aromatic carbocycles. The molecule has 8 heavy (non-hydrogen) atoms. The van der Waals surface area contributed by atoms with E-state index in [2.05, 4.69) is 6.07 Å². The molecule has 0 atom stereocenters. The van der Waals surface area contributed by atoms with Crippen LogP contribution in [0.15, 0.2) is 30.3 Å². The molecule has 1 aromatic rings. The Hall–Kier alpha value is 0.124. The van der Waals surface area contributed by atoms with E-state index < -0.39 is 0 Å². The van der Waals surface area contributed by atoms with Gasteiger partial charge in [0.2, 0.25) is 0 Å². The fraction of sp³-hybridized carbons (Fsp3) is 0. The Morgan fingerprint density at radius 2 is 1.50 bits per heavy atom. The van der Waals surface area contributed by atoms with E-state index in [9.17, 15) is 0 Å². The van der Waals surface area contributed by atoms with E-state index in [1.165, 1.54) is 0 Å². The predicted molar refractivity (Wildman–Crippen MR) is 27.4 cm³/mol. The van der Waals surface area contributed by atoms with E-state index in [0.29, 0.717) is 0 Å². The third-order valence-corrected chi connectivity index (χ3v) is 0.607. The van der Waals surface area contributed by atoms with E-state index >= 15 is 0 Å².